The lowest BCUT2D eigenvalue weighted by Gasteiger charge is -2.33. The molecule has 0 radical (unpaired) electrons. The van der Waals surface area contributed by atoms with Crippen LogP contribution < -0.4 is 5.32 Å². The first-order valence-corrected chi connectivity index (χ1v) is 9.42. The van der Waals surface area contributed by atoms with Crippen LogP contribution in [-0.2, 0) is 17.8 Å². The molecular formula is C19H34N4O. The molecule has 1 aliphatic heterocycles. The fourth-order valence-corrected chi connectivity index (χ4v) is 3.57. The second kappa shape index (κ2) is 8.65. The Kier molecular flexibility index (Phi) is 6.84. The lowest BCUT2D eigenvalue weighted by Crippen LogP contribution is -2.42. The van der Waals surface area contributed by atoms with E-state index in [1.54, 1.807) is 0 Å². The highest BCUT2D eigenvalue weighted by atomic mass is 16.1. The zero-order valence-electron chi connectivity index (χ0n) is 16.1. The van der Waals surface area contributed by atoms with Crippen molar-refractivity contribution >= 4 is 5.91 Å². The molecule has 136 valence electrons. The molecule has 0 bridgehead atoms. The number of amides is 1. The smallest absolute Gasteiger partial charge is 0.224 e. The lowest BCUT2D eigenvalue weighted by molar-refractivity contribution is -0.120. The van der Waals surface area contributed by atoms with Crippen molar-refractivity contribution in [2.75, 3.05) is 19.6 Å². The van der Waals surface area contributed by atoms with E-state index in [1.165, 1.54) is 19.3 Å². The van der Waals surface area contributed by atoms with Crippen LogP contribution >= 0.6 is 0 Å². The fraction of sp³-hybridized carbons (Fsp3) is 0.789. The van der Waals surface area contributed by atoms with Crippen LogP contribution in [0.4, 0.5) is 0 Å². The summed E-state index contributed by atoms with van der Waals surface area (Å²) in [7, 11) is 0. The second-order valence-corrected chi connectivity index (χ2v) is 7.63. The summed E-state index contributed by atoms with van der Waals surface area (Å²) in [5.74, 6) is 0.658. The van der Waals surface area contributed by atoms with Gasteiger partial charge in [-0.1, -0.05) is 20.3 Å². The minimum absolute atomic E-state index is 0.106. The molecule has 0 aromatic carbocycles. The second-order valence-electron chi connectivity index (χ2n) is 7.63. The molecule has 1 unspecified atom stereocenters. The van der Waals surface area contributed by atoms with E-state index in [9.17, 15) is 4.79 Å². The first-order valence-electron chi connectivity index (χ1n) is 9.42. The van der Waals surface area contributed by atoms with E-state index in [0.717, 1.165) is 43.1 Å². The molecule has 1 aromatic rings. The van der Waals surface area contributed by atoms with Crippen LogP contribution in [0.3, 0.4) is 0 Å². The molecule has 2 heterocycles. The number of nitrogens with one attached hydrogen (secondary N) is 1. The maximum Gasteiger partial charge on any atom is 0.224 e. The summed E-state index contributed by atoms with van der Waals surface area (Å²) < 4.78 is 2.04. The van der Waals surface area contributed by atoms with Gasteiger partial charge in [-0.2, -0.15) is 5.10 Å². The maximum absolute atomic E-state index is 12.3. The third-order valence-corrected chi connectivity index (χ3v) is 5.07. The lowest BCUT2D eigenvalue weighted by atomic mass is 10.0. The molecule has 2 rings (SSSR count). The van der Waals surface area contributed by atoms with Crippen molar-refractivity contribution in [2.24, 2.45) is 5.92 Å². The minimum atomic E-state index is 0.106. The van der Waals surface area contributed by atoms with Crippen molar-refractivity contribution < 1.29 is 4.79 Å². The first-order chi connectivity index (χ1) is 11.4. The first kappa shape index (κ1) is 19.0. The van der Waals surface area contributed by atoms with Gasteiger partial charge in [0.1, 0.15) is 0 Å². The summed E-state index contributed by atoms with van der Waals surface area (Å²) in [4.78, 5) is 14.8. The number of nitrogens with zero attached hydrogens (tertiary/aromatic N) is 3. The van der Waals surface area contributed by atoms with Crippen molar-refractivity contribution in [1.82, 2.24) is 20.0 Å². The topological polar surface area (TPSA) is 50.2 Å². The Balaban J connectivity index is 1.83. The van der Waals surface area contributed by atoms with Crippen LogP contribution in [0.2, 0.25) is 0 Å². The van der Waals surface area contributed by atoms with Crippen molar-refractivity contribution in [3.63, 3.8) is 0 Å². The summed E-state index contributed by atoms with van der Waals surface area (Å²) in [6.45, 7) is 14.5. The maximum atomic E-state index is 12.3. The fourth-order valence-electron chi connectivity index (χ4n) is 3.57. The van der Waals surface area contributed by atoms with Gasteiger partial charge in [0, 0.05) is 36.9 Å². The summed E-state index contributed by atoms with van der Waals surface area (Å²) in [5, 5.41) is 7.68. The Bertz CT molecular complexity index is 550. The molecule has 1 amide bonds. The summed E-state index contributed by atoms with van der Waals surface area (Å²) in [6, 6.07) is 0.648. The Morgan fingerprint density at radius 1 is 1.33 bits per heavy atom. The highest BCUT2D eigenvalue weighted by Gasteiger charge is 2.18. The average Bonchev–Trinajstić information content (AvgIpc) is 2.76. The van der Waals surface area contributed by atoms with Crippen LogP contribution in [0.25, 0.3) is 0 Å². The Morgan fingerprint density at radius 2 is 2.08 bits per heavy atom. The third kappa shape index (κ3) is 5.07. The number of carbonyl (C=O) groups is 1. The van der Waals surface area contributed by atoms with Gasteiger partial charge >= 0.3 is 0 Å². The monoisotopic (exact) mass is 334 g/mol. The van der Waals surface area contributed by atoms with Gasteiger partial charge in [0.05, 0.1) is 12.1 Å². The molecule has 5 heteroatoms. The van der Waals surface area contributed by atoms with E-state index >= 15 is 0 Å². The Hall–Kier alpha value is -1.36. The molecule has 0 spiro atoms. The molecule has 0 saturated carbocycles. The molecule has 0 aliphatic carbocycles. The van der Waals surface area contributed by atoms with Crippen LogP contribution in [0.15, 0.2) is 0 Å². The van der Waals surface area contributed by atoms with Crippen LogP contribution in [0.1, 0.15) is 57.0 Å². The number of aromatic nitrogens is 2. The average molecular weight is 335 g/mol. The van der Waals surface area contributed by atoms with Gasteiger partial charge in [-0.25, -0.2) is 0 Å². The number of likely N-dealkylation sites (tertiary alicyclic amines) is 1. The Morgan fingerprint density at radius 3 is 2.75 bits per heavy atom. The highest BCUT2D eigenvalue weighted by Crippen LogP contribution is 2.16. The summed E-state index contributed by atoms with van der Waals surface area (Å²) in [5.41, 5.74) is 3.19. The molecule has 24 heavy (non-hydrogen) atoms. The van der Waals surface area contributed by atoms with E-state index in [2.05, 4.69) is 43.0 Å². The number of hydrogen-bond donors (Lipinski definition) is 1. The van der Waals surface area contributed by atoms with Gasteiger partial charge < -0.3 is 5.32 Å². The SMILES string of the molecule is Cc1nn(CC(C)C)c(C)c1CC(=O)NCCN1CCCCC1C. The molecule has 1 N–H and O–H groups in total. The number of aryl methyl sites for hydroxylation is 1. The van der Waals surface area contributed by atoms with Gasteiger partial charge in [0.15, 0.2) is 0 Å². The van der Waals surface area contributed by atoms with Gasteiger partial charge in [0.2, 0.25) is 5.91 Å². The largest absolute Gasteiger partial charge is 0.355 e. The molecule has 1 saturated heterocycles. The van der Waals surface area contributed by atoms with Crippen LogP contribution in [-0.4, -0.2) is 46.3 Å². The van der Waals surface area contributed by atoms with Crippen LogP contribution in [0, 0.1) is 19.8 Å². The third-order valence-electron chi connectivity index (χ3n) is 5.07. The molecule has 1 aromatic heterocycles. The van der Waals surface area contributed by atoms with E-state index in [1.807, 2.05) is 11.6 Å². The van der Waals surface area contributed by atoms with E-state index in [-0.39, 0.29) is 5.91 Å². The quantitative estimate of drug-likeness (QED) is 0.834. The van der Waals surface area contributed by atoms with Crippen LogP contribution in [0.5, 0.6) is 0 Å². The number of piperidine rings is 1. The van der Waals surface area contributed by atoms with Gasteiger partial charge in [0.25, 0.3) is 0 Å². The predicted molar refractivity (Wildman–Crippen MR) is 98.1 cm³/mol. The number of carbonyl (C=O) groups excluding carboxylic acids is 1. The zero-order valence-corrected chi connectivity index (χ0v) is 16.1. The normalized spacial score (nSPS) is 19.0. The van der Waals surface area contributed by atoms with Gasteiger partial charge in [-0.15, -0.1) is 0 Å². The molecule has 1 aliphatic rings. The van der Waals surface area contributed by atoms with Crippen molar-refractivity contribution in [1.29, 1.82) is 0 Å². The Labute approximate surface area is 146 Å². The molecule has 1 fully saturated rings. The zero-order chi connectivity index (χ0) is 17.7. The molecular weight excluding hydrogens is 300 g/mol. The van der Waals surface area contributed by atoms with Crippen molar-refractivity contribution in [2.45, 2.75) is 72.9 Å². The van der Waals surface area contributed by atoms with E-state index in [0.29, 0.717) is 18.4 Å². The number of rotatable bonds is 7. The minimum Gasteiger partial charge on any atom is -0.355 e. The standard InChI is InChI=1S/C19H34N4O/c1-14(2)13-23-17(5)18(16(4)21-23)12-19(24)20-9-11-22-10-7-6-8-15(22)3/h14-15H,6-13H2,1-5H3,(H,20,24). The van der Waals surface area contributed by atoms with Crippen molar-refractivity contribution in [3.05, 3.63) is 17.0 Å². The predicted octanol–water partition coefficient (Wildman–Crippen LogP) is 2.69. The highest BCUT2D eigenvalue weighted by molar-refractivity contribution is 5.79. The molecule has 1 atom stereocenters. The summed E-state index contributed by atoms with van der Waals surface area (Å²) in [6.07, 6.45) is 4.33. The van der Waals surface area contributed by atoms with Gasteiger partial charge in [-0.05, 0) is 46.1 Å². The van der Waals surface area contributed by atoms with E-state index in [4.69, 9.17) is 0 Å². The van der Waals surface area contributed by atoms with E-state index < -0.39 is 0 Å². The van der Waals surface area contributed by atoms with Crippen molar-refractivity contribution in [3.8, 4) is 0 Å². The number of hydrogen-bond acceptors (Lipinski definition) is 3. The van der Waals surface area contributed by atoms with Gasteiger partial charge in [-0.3, -0.25) is 14.4 Å². The molecule has 5 nitrogen and oxygen atoms in total. The summed E-state index contributed by atoms with van der Waals surface area (Å²) >= 11 is 0.